The molecule has 0 radical (unpaired) electrons. The van der Waals surface area contributed by atoms with Crippen LogP contribution in [0.2, 0.25) is 0 Å². The van der Waals surface area contributed by atoms with Crippen molar-refractivity contribution in [3.8, 4) is 23.0 Å². The SMILES string of the molecule is COCOc1cnc(-c2ccccc2)nc1OC. The molecule has 0 N–H and O–H groups in total. The molecule has 18 heavy (non-hydrogen) atoms. The fourth-order valence-electron chi connectivity index (χ4n) is 1.45. The Balaban J connectivity index is 2.30. The van der Waals surface area contributed by atoms with E-state index in [1.165, 1.54) is 7.11 Å². The van der Waals surface area contributed by atoms with Crippen LogP contribution in [0.1, 0.15) is 0 Å². The molecule has 5 nitrogen and oxygen atoms in total. The van der Waals surface area contributed by atoms with Crippen molar-refractivity contribution in [3.05, 3.63) is 36.5 Å². The first kappa shape index (κ1) is 12.3. The van der Waals surface area contributed by atoms with Crippen LogP contribution in [-0.2, 0) is 4.74 Å². The maximum absolute atomic E-state index is 5.30. The van der Waals surface area contributed by atoms with Crippen LogP contribution in [0.5, 0.6) is 11.6 Å². The van der Waals surface area contributed by atoms with Gasteiger partial charge in [0, 0.05) is 12.7 Å². The van der Waals surface area contributed by atoms with E-state index in [2.05, 4.69) is 9.97 Å². The zero-order chi connectivity index (χ0) is 12.8. The molecule has 0 aliphatic carbocycles. The lowest BCUT2D eigenvalue weighted by Crippen LogP contribution is -2.03. The number of hydrogen-bond acceptors (Lipinski definition) is 5. The Hall–Kier alpha value is -2.14. The van der Waals surface area contributed by atoms with Gasteiger partial charge < -0.3 is 14.2 Å². The summed E-state index contributed by atoms with van der Waals surface area (Å²) in [6.07, 6.45) is 1.58. The van der Waals surface area contributed by atoms with Gasteiger partial charge in [-0.05, 0) is 0 Å². The van der Waals surface area contributed by atoms with Crippen LogP contribution in [0.15, 0.2) is 36.5 Å². The minimum atomic E-state index is 0.129. The number of rotatable bonds is 5. The fraction of sp³-hybridized carbons (Fsp3) is 0.231. The summed E-state index contributed by atoms with van der Waals surface area (Å²) in [5.41, 5.74) is 0.925. The first-order valence-electron chi connectivity index (χ1n) is 5.43. The summed E-state index contributed by atoms with van der Waals surface area (Å²) in [6, 6.07) is 9.67. The van der Waals surface area contributed by atoms with Crippen molar-refractivity contribution in [1.82, 2.24) is 9.97 Å². The van der Waals surface area contributed by atoms with E-state index in [9.17, 15) is 0 Å². The van der Waals surface area contributed by atoms with E-state index in [-0.39, 0.29) is 6.79 Å². The van der Waals surface area contributed by atoms with E-state index in [1.807, 2.05) is 30.3 Å². The molecular weight excluding hydrogens is 232 g/mol. The number of methoxy groups -OCH3 is 2. The lowest BCUT2D eigenvalue weighted by atomic mass is 10.2. The number of aromatic nitrogens is 2. The van der Waals surface area contributed by atoms with Crippen LogP contribution in [-0.4, -0.2) is 31.0 Å². The largest absolute Gasteiger partial charge is 0.478 e. The highest BCUT2D eigenvalue weighted by molar-refractivity contribution is 5.56. The van der Waals surface area contributed by atoms with Crippen molar-refractivity contribution in [2.45, 2.75) is 0 Å². The van der Waals surface area contributed by atoms with Gasteiger partial charge in [-0.15, -0.1) is 0 Å². The molecule has 1 aromatic carbocycles. The number of nitrogens with zero attached hydrogens (tertiary/aromatic N) is 2. The summed E-state index contributed by atoms with van der Waals surface area (Å²) < 4.78 is 15.3. The van der Waals surface area contributed by atoms with E-state index in [1.54, 1.807) is 13.3 Å². The van der Waals surface area contributed by atoms with E-state index < -0.39 is 0 Å². The van der Waals surface area contributed by atoms with Crippen molar-refractivity contribution in [2.24, 2.45) is 0 Å². The molecular formula is C13H14N2O3. The fourth-order valence-corrected chi connectivity index (χ4v) is 1.45. The van der Waals surface area contributed by atoms with Crippen LogP contribution in [0.25, 0.3) is 11.4 Å². The Morgan fingerprint density at radius 1 is 1.11 bits per heavy atom. The van der Waals surface area contributed by atoms with Gasteiger partial charge >= 0.3 is 0 Å². The monoisotopic (exact) mass is 246 g/mol. The van der Waals surface area contributed by atoms with Gasteiger partial charge in [-0.2, -0.15) is 4.98 Å². The molecule has 0 aliphatic rings. The van der Waals surface area contributed by atoms with Gasteiger partial charge in [-0.25, -0.2) is 4.98 Å². The first-order valence-corrected chi connectivity index (χ1v) is 5.43. The molecule has 1 aromatic heterocycles. The van der Waals surface area contributed by atoms with Gasteiger partial charge in [0.05, 0.1) is 13.3 Å². The van der Waals surface area contributed by atoms with Crippen LogP contribution in [0, 0.1) is 0 Å². The molecule has 0 fully saturated rings. The van der Waals surface area contributed by atoms with Gasteiger partial charge in [0.25, 0.3) is 5.88 Å². The highest BCUT2D eigenvalue weighted by atomic mass is 16.7. The Morgan fingerprint density at radius 3 is 2.56 bits per heavy atom. The van der Waals surface area contributed by atoms with Crippen molar-refractivity contribution in [3.63, 3.8) is 0 Å². The average molecular weight is 246 g/mol. The van der Waals surface area contributed by atoms with E-state index in [4.69, 9.17) is 14.2 Å². The summed E-state index contributed by atoms with van der Waals surface area (Å²) >= 11 is 0. The molecule has 2 aromatic rings. The summed E-state index contributed by atoms with van der Waals surface area (Å²) in [5, 5.41) is 0. The molecule has 0 unspecified atom stereocenters. The predicted octanol–water partition coefficient (Wildman–Crippen LogP) is 2.13. The second-order valence-electron chi connectivity index (χ2n) is 3.48. The van der Waals surface area contributed by atoms with E-state index >= 15 is 0 Å². The minimum absolute atomic E-state index is 0.129. The zero-order valence-corrected chi connectivity index (χ0v) is 10.3. The Morgan fingerprint density at radius 2 is 1.89 bits per heavy atom. The highest BCUT2D eigenvalue weighted by Gasteiger charge is 2.09. The van der Waals surface area contributed by atoms with Crippen molar-refractivity contribution in [2.75, 3.05) is 21.0 Å². The molecule has 0 bridgehead atoms. The lowest BCUT2D eigenvalue weighted by molar-refractivity contribution is 0.0483. The lowest BCUT2D eigenvalue weighted by Gasteiger charge is -2.09. The third-order valence-corrected chi connectivity index (χ3v) is 2.28. The molecule has 0 spiro atoms. The third kappa shape index (κ3) is 2.75. The van der Waals surface area contributed by atoms with Gasteiger partial charge in [0.15, 0.2) is 12.6 Å². The molecule has 0 aliphatic heterocycles. The molecule has 94 valence electrons. The second kappa shape index (κ2) is 5.97. The molecule has 0 saturated carbocycles. The standard InChI is InChI=1S/C13H14N2O3/c1-16-9-18-11-8-14-12(15-13(11)17-2)10-6-4-3-5-7-10/h3-8H,9H2,1-2H3. The molecule has 0 atom stereocenters. The third-order valence-electron chi connectivity index (χ3n) is 2.28. The topological polar surface area (TPSA) is 53.5 Å². The van der Waals surface area contributed by atoms with Crippen molar-refractivity contribution >= 4 is 0 Å². The normalized spacial score (nSPS) is 10.1. The molecule has 5 heteroatoms. The average Bonchev–Trinajstić information content (AvgIpc) is 2.46. The summed E-state index contributed by atoms with van der Waals surface area (Å²) in [6.45, 7) is 0.129. The van der Waals surface area contributed by atoms with Crippen molar-refractivity contribution < 1.29 is 14.2 Å². The summed E-state index contributed by atoms with van der Waals surface area (Å²) in [4.78, 5) is 8.54. The van der Waals surface area contributed by atoms with Crippen LogP contribution >= 0.6 is 0 Å². The minimum Gasteiger partial charge on any atom is -0.478 e. The number of benzene rings is 1. The van der Waals surface area contributed by atoms with Crippen LogP contribution in [0.3, 0.4) is 0 Å². The van der Waals surface area contributed by atoms with E-state index in [0.29, 0.717) is 17.5 Å². The molecule has 0 saturated heterocycles. The maximum Gasteiger partial charge on any atom is 0.260 e. The first-order chi connectivity index (χ1) is 8.85. The molecule has 0 amide bonds. The number of ether oxygens (including phenoxy) is 3. The quantitative estimate of drug-likeness (QED) is 0.756. The van der Waals surface area contributed by atoms with Gasteiger partial charge in [0.2, 0.25) is 5.75 Å². The summed E-state index contributed by atoms with van der Waals surface area (Å²) in [5.74, 6) is 1.44. The van der Waals surface area contributed by atoms with Gasteiger partial charge in [-0.3, -0.25) is 0 Å². The van der Waals surface area contributed by atoms with E-state index in [0.717, 1.165) is 5.56 Å². The Labute approximate surface area is 105 Å². The number of hydrogen-bond donors (Lipinski definition) is 0. The Kier molecular flexibility index (Phi) is 4.09. The smallest absolute Gasteiger partial charge is 0.260 e. The second-order valence-corrected chi connectivity index (χ2v) is 3.48. The van der Waals surface area contributed by atoms with Crippen molar-refractivity contribution in [1.29, 1.82) is 0 Å². The van der Waals surface area contributed by atoms with Crippen LogP contribution in [0.4, 0.5) is 0 Å². The van der Waals surface area contributed by atoms with Gasteiger partial charge in [-0.1, -0.05) is 30.3 Å². The molecule has 2 rings (SSSR count). The summed E-state index contributed by atoms with van der Waals surface area (Å²) in [7, 11) is 3.09. The van der Waals surface area contributed by atoms with Crippen LogP contribution < -0.4 is 9.47 Å². The maximum atomic E-state index is 5.30. The highest BCUT2D eigenvalue weighted by Crippen LogP contribution is 2.26. The van der Waals surface area contributed by atoms with Gasteiger partial charge in [0.1, 0.15) is 0 Å². The Bertz CT molecular complexity index is 503. The predicted molar refractivity (Wildman–Crippen MR) is 66.5 cm³/mol. The zero-order valence-electron chi connectivity index (χ0n) is 10.3. The molecule has 1 heterocycles.